The van der Waals surface area contributed by atoms with Gasteiger partial charge < -0.3 is 19.5 Å². The van der Waals surface area contributed by atoms with E-state index in [0.717, 1.165) is 24.2 Å². The molecule has 0 radical (unpaired) electrons. The monoisotopic (exact) mass is 348 g/mol. The second kappa shape index (κ2) is 6.18. The molecule has 1 saturated heterocycles. The predicted molar refractivity (Wildman–Crippen MR) is 86.2 cm³/mol. The lowest BCUT2D eigenvalue weighted by atomic mass is 9.74. The summed E-state index contributed by atoms with van der Waals surface area (Å²) in [6, 6.07) is 5.13. The van der Waals surface area contributed by atoms with Crippen LogP contribution in [-0.4, -0.2) is 43.4 Å². The number of ether oxygens (including phenoxy) is 3. The number of fused-ring (bicyclic) bond motifs is 1. The van der Waals surface area contributed by atoms with Crippen molar-refractivity contribution in [3.8, 4) is 11.5 Å². The molecule has 1 aromatic rings. The predicted octanol–water partition coefficient (Wildman–Crippen LogP) is 1.24. The van der Waals surface area contributed by atoms with Gasteiger partial charge in [0.15, 0.2) is 11.5 Å². The zero-order valence-electron chi connectivity index (χ0n) is 13.7. The van der Waals surface area contributed by atoms with E-state index < -0.39 is 12.0 Å². The maximum atomic E-state index is 12.2. The molecule has 3 aliphatic rings. The summed E-state index contributed by atoms with van der Waals surface area (Å²) in [6.45, 7) is 1.89. The highest BCUT2D eigenvalue weighted by Gasteiger charge is 2.53. The second-order valence-corrected chi connectivity index (χ2v) is 6.87. The highest BCUT2D eigenvalue weighted by molar-refractivity contribution is 5.82. The Morgan fingerprint density at radius 3 is 2.76 bits per heavy atom. The summed E-state index contributed by atoms with van der Waals surface area (Å²) in [7, 11) is 0. The molecule has 2 atom stereocenters. The topological polar surface area (TPSA) is 99.9 Å². The van der Waals surface area contributed by atoms with Gasteiger partial charge in [-0.25, -0.2) is 0 Å². The molecule has 4 rings (SSSR count). The number of rotatable bonds is 5. The minimum atomic E-state index is -0.726. The number of carbonyl (C=O) groups is 1. The molecule has 0 aromatic heterocycles. The third-order valence-electron chi connectivity index (χ3n) is 5.40. The smallest absolute Gasteiger partial charge is 0.231 e. The van der Waals surface area contributed by atoms with Crippen molar-refractivity contribution >= 4 is 5.91 Å². The molecule has 8 nitrogen and oxygen atoms in total. The van der Waals surface area contributed by atoms with Crippen LogP contribution in [0, 0.1) is 16.0 Å². The summed E-state index contributed by atoms with van der Waals surface area (Å²) in [6.07, 6.45) is 1.88. The van der Waals surface area contributed by atoms with E-state index >= 15 is 0 Å². The Bertz CT molecular complexity index is 700. The Labute approximate surface area is 144 Å². The Morgan fingerprint density at radius 1 is 1.28 bits per heavy atom. The zero-order chi connectivity index (χ0) is 17.4. The van der Waals surface area contributed by atoms with Crippen LogP contribution in [0.4, 0.5) is 0 Å². The van der Waals surface area contributed by atoms with Gasteiger partial charge in [-0.3, -0.25) is 14.9 Å². The molecule has 2 heterocycles. The first-order valence-corrected chi connectivity index (χ1v) is 8.48. The van der Waals surface area contributed by atoms with Gasteiger partial charge in [0.25, 0.3) is 0 Å². The first-order valence-electron chi connectivity index (χ1n) is 8.48. The molecule has 8 heteroatoms. The van der Waals surface area contributed by atoms with E-state index in [1.807, 2.05) is 18.2 Å². The van der Waals surface area contributed by atoms with E-state index in [9.17, 15) is 14.9 Å². The lowest BCUT2D eigenvalue weighted by Crippen LogP contribution is -2.45. The minimum absolute atomic E-state index is 0.218. The molecular formula is C17H20N2O6. The van der Waals surface area contributed by atoms with Gasteiger partial charge in [-0.15, -0.1) is 0 Å². The lowest BCUT2D eigenvalue weighted by Gasteiger charge is -2.38. The molecule has 2 fully saturated rings. The van der Waals surface area contributed by atoms with Gasteiger partial charge >= 0.3 is 0 Å². The molecule has 0 spiro atoms. The Morgan fingerprint density at radius 2 is 2.04 bits per heavy atom. The molecule has 0 bridgehead atoms. The normalized spacial score (nSPS) is 26.1. The van der Waals surface area contributed by atoms with Crippen molar-refractivity contribution in [2.75, 3.05) is 26.6 Å². The van der Waals surface area contributed by atoms with E-state index in [2.05, 4.69) is 5.32 Å². The van der Waals surface area contributed by atoms with Crippen molar-refractivity contribution in [3.05, 3.63) is 33.9 Å². The van der Waals surface area contributed by atoms with Gasteiger partial charge in [0.05, 0.1) is 0 Å². The Balaban J connectivity index is 1.50. The van der Waals surface area contributed by atoms with Crippen LogP contribution >= 0.6 is 0 Å². The minimum Gasteiger partial charge on any atom is -0.454 e. The SMILES string of the molecule is O=C(NCC1(c2ccc3c(c2)OCO3)CCOCC1)[C@@H]1C[C@@H]1[N+](=O)[O-]. The van der Waals surface area contributed by atoms with E-state index in [1.165, 1.54) is 0 Å². The molecule has 1 aliphatic carbocycles. The van der Waals surface area contributed by atoms with Gasteiger partial charge in [0.1, 0.15) is 5.92 Å². The molecule has 1 aromatic carbocycles. The van der Waals surface area contributed by atoms with Crippen molar-refractivity contribution in [1.82, 2.24) is 5.32 Å². The fourth-order valence-corrected chi connectivity index (χ4v) is 3.64. The van der Waals surface area contributed by atoms with Crippen LogP contribution in [0.3, 0.4) is 0 Å². The van der Waals surface area contributed by atoms with Gasteiger partial charge in [0.2, 0.25) is 18.7 Å². The number of amides is 1. The van der Waals surface area contributed by atoms with Crippen molar-refractivity contribution in [1.29, 1.82) is 0 Å². The summed E-state index contributed by atoms with van der Waals surface area (Å²) in [4.78, 5) is 22.6. The van der Waals surface area contributed by atoms with Crippen molar-refractivity contribution in [2.24, 2.45) is 5.92 Å². The van der Waals surface area contributed by atoms with Crippen LogP contribution in [0.25, 0.3) is 0 Å². The third kappa shape index (κ3) is 3.02. The Kier molecular flexibility index (Phi) is 3.99. The van der Waals surface area contributed by atoms with Crippen LogP contribution in [0.5, 0.6) is 11.5 Å². The quantitative estimate of drug-likeness (QED) is 0.635. The number of benzene rings is 1. The molecule has 1 saturated carbocycles. The highest BCUT2D eigenvalue weighted by atomic mass is 16.7. The standard InChI is InChI=1S/C17H20N2O6/c20-16(12-8-13(12)19(21)22)18-9-17(3-5-23-6-4-17)11-1-2-14-15(7-11)25-10-24-14/h1-2,7,12-13H,3-6,8-10H2,(H,18,20)/t12-,13+/m1/s1. The average Bonchev–Trinajstić information content (AvgIpc) is 3.31. The maximum Gasteiger partial charge on any atom is 0.231 e. The first kappa shape index (κ1) is 16.1. The fourth-order valence-electron chi connectivity index (χ4n) is 3.64. The van der Waals surface area contributed by atoms with Gasteiger partial charge in [-0.1, -0.05) is 6.07 Å². The van der Waals surface area contributed by atoms with E-state index in [4.69, 9.17) is 14.2 Å². The van der Waals surface area contributed by atoms with Crippen LogP contribution in [0.15, 0.2) is 18.2 Å². The molecule has 134 valence electrons. The molecule has 2 aliphatic heterocycles. The zero-order valence-corrected chi connectivity index (χ0v) is 13.7. The number of nitrogens with one attached hydrogen (secondary N) is 1. The van der Waals surface area contributed by atoms with Crippen molar-refractivity contribution in [2.45, 2.75) is 30.7 Å². The molecule has 25 heavy (non-hydrogen) atoms. The van der Waals surface area contributed by atoms with Crippen LogP contribution in [-0.2, 0) is 14.9 Å². The molecule has 1 amide bonds. The van der Waals surface area contributed by atoms with Crippen LogP contribution in [0.2, 0.25) is 0 Å². The molecule has 0 unspecified atom stereocenters. The van der Waals surface area contributed by atoms with Gasteiger partial charge in [-0.2, -0.15) is 0 Å². The fraction of sp³-hybridized carbons (Fsp3) is 0.588. The number of carbonyl (C=O) groups excluding carboxylic acids is 1. The van der Waals surface area contributed by atoms with E-state index in [-0.39, 0.29) is 23.0 Å². The highest BCUT2D eigenvalue weighted by Crippen LogP contribution is 2.41. The third-order valence-corrected chi connectivity index (χ3v) is 5.40. The maximum absolute atomic E-state index is 12.2. The molecular weight excluding hydrogens is 328 g/mol. The number of nitro groups is 1. The van der Waals surface area contributed by atoms with E-state index in [0.29, 0.717) is 31.9 Å². The van der Waals surface area contributed by atoms with Crippen molar-refractivity contribution < 1.29 is 23.9 Å². The van der Waals surface area contributed by atoms with Crippen LogP contribution in [0.1, 0.15) is 24.8 Å². The lowest BCUT2D eigenvalue weighted by molar-refractivity contribution is -0.497. The summed E-state index contributed by atoms with van der Waals surface area (Å²) >= 11 is 0. The number of hydrogen-bond donors (Lipinski definition) is 1. The van der Waals surface area contributed by atoms with E-state index in [1.54, 1.807) is 0 Å². The second-order valence-electron chi connectivity index (χ2n) is 6.87. The summed E-state index contributed by atoms with van der Waals surface area (Å²) in [5.41, 5.74) is 0.815. The van der Waals surface area contributed by atoms with Crippen LogP contribution < -0.4 is 14.8 Å². The summed E-state index contributed by atoms with van der Waals surface area (Å²) in [5, 5.41) is 13.7. The molecule has 1 N–H and O–H groups in total. The first-order chi connectivity index (χ1) is 12.1. The largest absolute Gasteiger partial charge is 0.454 e. The number of hydrogen-bond acceptors (Lipinski definition) is 6. The van der Waals surface area contributed by atoms with Gasteiger partial charge in [0, 0.05) is 36.5 Å². The van der Waals surface area contributed by atoms with Crippen molar-refractivity contribution in [3.63, 3.8) is 0 Å². The van der Waals surface area contributed by atoms with Gasteiger partial charge in [-0.05, 0) is 30.5 Å². The summed E-state index contributed by atoms with van der Waals surface area (Å²) < 4.78 is 16.3. The average molecular weight is 348 g/mol. The summed E-state index contributed by atoms with van der Waals surface area (Å²) in [5.74, 6) is 0.712. The number of nitrogens with zero attached hydrogens (tertiary/aromatic N) is 1. The Hall–Kier alpha value is -2.35.